The summed E-state index contributed by atoms with van der Waals surface area (Å²) >= 11 is 2.09. The Morgan fingerprint density at radius 3 is 2.75 bits per heavy atom. The summed E-state index contributed by atoms with van der Waals surface area (Å²) < 4.78 is 39.6. The third kappa shape index (κ3) is 2.68. The molecule has 3 rings (SSSR count). The maximum absolute atomic E-state index is 13.1. The first-order valence-electron chi connectivity index (χ1n) is 6.53. The molecule has 0 amide bonds. The van der Waals surface area contributed by atoms with Crippen LogP contribution >= 0.6 is 23.1 Å². The number of nitrogens with zero attached hydrogens (tertiary/aromatic N) is 2. The highest BCUT2D eigenvalue weighted by molar-refractivity contribution is 7.98. The van der Waals surface area contributed by atoms with Gasteiger partial charge in [-0.15, -0.1) is 11.3 Å². The molecule has 122 valence electrons. The molecule has 2 aromatic heterocycles. The number of nitriles is 1. The van der Waals surface area contributed by atoms with Gasteiger partial charge in [0.25, 0.3) is 5.56 Å². The van der Waals surface area contributed by atoms with E-state index in [4.69, 9.17) is 0 Å². The van der Waals surface area contributed by atoms with E-state index in [1.54, 1.807) is 18.4 Å². The number of alkyl halides is 3. The van der Waals surface area contributed by atoms with E-state index >= 15 is 0 Å². The molecule has 3 aromatic rings. The summed E-state index contributed by atoms with van der Waals surface area (Å²) in [6.07, 6.45) is -2.78. The smallest absolute Gasteiger partial charge is 0.300 e. The van der Waals surface area contributed by atoms with Crippen molar-refractivity contribution in [3.63, 3.8) is 0 Å². The van der Waals surface area contributed by atoms with Gasteiger partial charge in [0.15, 0.2) is 5.16 Å². The highest BCUT2D eigenvalue weighted by atomic mass is 32.2. The molecule has 0 saturated carbocycles. The summed E-state index contributed by atoms with van der Waals surface area (Å²) in [5.41, 5.74) is -1.14. The topological polar surface area (TPSA) is 69.5 Å². The van der Waals surface area contributed by atoms with E-state index in [0.717, 1.165) is 16.7 Å². The maximum Gasteiger partial charge on any atom is 0.417 e. The van der Waals surface area contributed by atoms with Crippen LogP contribution < -0.4 is 5.56 Å². The van der Waals surface area contributed by atoms with Crippen LogP contribution in [0.25, 0.3) is 21.3 Å². The lowest BCUT2D eigenvalue weighted by Crippen LogP contribution is -2.14. The lowest BCUT2D eigenvalue weighted by Gasteiger charge is -2.08. The SMILES string of the molecule is CSc1nc(-c2cccc3c(C(F)(F)F)csc23)c(C#N)c(=O)[nH]1. The standard InChI is InChI=1S/C15H8F3N3OS2/c1-23-14-20-11(9(5-19)13(22)21-14)8-4-2-3-7-10(15(16,17)18)6-24-12(7)8/h2-4,6H,1H3,(H,20,21,22). The second-order valence-electron chi connectivity index (χ2n) is 4.74. The second kappa shape index (κ2) is 5.96. The first kappa shape index (κ1) is 16.5. The molecule has 0 saturated heterocycles. The number of H-pyrrole nitrogens is 1. The number of thioether (sulfide) groups is 1. The lowest BCUT2D eigenvalue weighted by molar-refractivity contribution is -0.136. The average Bonchev–Trinajstić information content (AvgIpc) is 2.98. The summed E-state index contributed by atoms with van der Waals surface area (Å²) in [5.74, 6) is 0. The van der Waals surface area contributed by atoms with Crippen LogP contribution in [0.5, 0.6) is 0 Å². The van der Waals surface area contributed by atoms with Crippen LogP contribution in [-0.4, -0.2) is 16.2 Å². The van der Waals surface area contributed by atoms with Crippen molar-refractivity contribution in [1.82, 2.24) is 9.97 Å². The summed E-state index contributed by atoms with van der Waals surface area (Å²) in [5, 5.41) is 10.6. The average molecular weight is 367 g/mol. The Kier molecular flexibility index (Phi) is 4.11. The van der Waals surface area contributed by atoms with Gasteiger partial charge in [0.05, 0.1) is 11.3 Å². The number of nitrogens with one attached hydrogen (secondary N) is 1. The number of thiophene rings is 1. The fraction of sp³-hybridized carbons (Fsp3) is 0.133. The summed E-state index contributed by atoms with van der Waals surface area (Å²) in [6.45, 7) is 0. The van der Waals surface area contributed by atoms with Crippen LogP contribution in [0, 0.1) is 11.3 Å². The maximum atomic E-state index is 13.1. The van der Waals surface area contributed by atoms with Gasteiger partial charge < -0.3 is 4.98 Å². The van der Waals surface area contributed by atoms with Crippen LogP contribution in [0.3, 0.4) is 0 Å². The van der Waals surface area contributed by atoms with Crippen molar-refractivity contribution >= 4 is 33.2 Å². The van der Waals surface area contributed by atoms with Gasteiger partial charge in [-0.3, -0.25) is 4.79 Å². The minimum absolute atomic E-state index is 0.0293. The van der Waals surface area contributed by atoms with E-state index in [-0.39, 0.29) is 16.6 Å². The Morgan fingerprint density at radius 1 is 1.38 bits per heavy atom. The number of hydrogen-bond donors (Lipinski definition) is 1. The number of halogens is 3. The molecule has 2 heterocycles. The molecule has 1 N–H and O–H groups in total. The van der Waals surface area contributed by atoms with Crippen LogP contribution in [0.2, 0.25) is 0 Å². The molecule has 0 unspecified atom stereocenters. The van der Waals surface area contributed by atoms with E-state index < -0.39 is 17.3 Å². The molecule has 0 aliphatic carbocycles. The molecule has 9 heteroatoms. The summed E-state index contributed by atoms with van der Waals surface area (Å²) in [7, 11) is 0. The molecule has 4 nitrogen and oxygen atoms in total. The fourth-order valence-corrected chi connectivity index (χ4v) is 3.78. The zero-order valence-corrected chi connectivity index (χ0v) is 13.7. The molecule has 0 bridgehead atoms. The van der Waals surface area contributed by atoms with Crippen LogP contribution in [0.1, 0.15) is 11.1 Å². The van der Waals surface area contributed by atoms with Gasteiger partial charge in [-0.25, -0.2) is 4.98 Å². The summed E-state index contributed by atoms with van der Waals surface area (Å²) in [6, 6.07) is 6.17. The highest BCUT2D eigenvalue weighted by Crippen LogP contribution is 2.42. The van der Waals surface area contributed by atoms with Crippen molar-refractivity contribution in [2.75, 3.05) is 6.26 Å². The Morgan fingerprint density at radius 2 is 2.12 bits per heavy atom. The van der Waals surface area contributed by atoms with E-state index in [1.807, 2.05) is 0 Å². The Hall–Kier alpha value is -2.31. The highest BCUT2D eigenvalue weighted by Gasteiger charge is 2.34. The van der Waals surface area contributed by atoms with E-state index in [0.29, 0.717) is 15.4 Å². The minimum atomic E-state index is -4.47. The van der Waals surface area contributed by atoms with Crippen molar-refractivity contribution in [2.45, 2.75) is 11.3 Å². The van der Waals surface area contributed by atoms with Gasteiger partial charge in [-0.05, 0) is 6.26 Å². The molecule has 24 heavy (non-hydrogen) atoms. The van der Waals surface area contributed by atoms with E-state index in [2.05, 4.69) is 9.97 Å². The number of aromatic nitrogens is 2. The van der Waals surface area contributed by atoms with Crippen molar-refractivity contribution in [3.05, 3.63) is 45.1 Å². The fourth-order valence-electron chi connectivity index (χ4n) is 2.31. The lowest BCUT2D eigenvalue weighted by atomic mass is 10.0. The van der Waals surface area contributed by atoms with Crippen molar-refractivity contribution in [1.29, 1.82) is 5.26 Å². The first-order valence-corrected chi connectivity index (χ1v) is 8.63. The van der Waals surface area contributed by atoms with E-state index in [9.17, 15) is 23.2 Å². The van der Waals surface area contributed by atoms with Gasteiger partial charge in [-0.2, -0.15) is 18.4 Å². The van der Waals surface area contributed by atoms with Gasteiger partial charge in [0.1, 0.15) is 11.6 Å². The van der Waals surface area contributed by atoms with Gasteiger partial charge in [0, 0.05) is 21.0 Å². The number of benzene rings is 1. The normalized spacial score (nSPS) is 11.6. The molecule has 0 fully saturated rings. The number of rotatable bonds is 2. The quantitative estimate of drug-likeness (QED) is 0.543. The van der Waals surface area contributed by atoms with E-state index in [1.165, 1.54) is 23.9 Å². The molecular formula is C15H8F3N3OS2. The zero-order valence-electron chi connectivity index (χ0n) is 12.1. The first-order chi connectivity index (χ1) is 11.4. The molecule has 0 aliphatic heterocycles. The van der Waals surface area contributed by atoms with Crippen molar-refractivity contribution in [3.8, 4) is 17.3 Å². The van der Waals surface area contributed by atoms with Crippen molar-refractivity contribution in [2.24, 2.45) is 0 Å². The predicted octanol–water partition coefficient (Wildman–Crippen LogP) is 4.26. The Balaban J connectivity index is 2.36. The molecule has 0 atom stereocenters. The van der Waals surface area contributed by atoms with Gasteiger partial charge in [0.2, 0.25) is 0 Å². The second-order valence-corrected chi connectivity index (χ2v) is 6.41. The monoisotopic (exact) mass is 367 g/mol. The predicted molar refractivity (Wildman–Crippen MR) is 87.2 cm³/mol. The van der Waals surface area contributed by atoms with Crippen LogP contribution in [0.4, 0.5) is 13.2 Å². The zero-order chi connectivity index (χ0) is 17.5. The van der Waals surface area contributed by atoms with Gasteiger partial charge >= 0.3 is 6.18 Å². The molecule has 0 spiro atoms. The third-order valence-corrected chi connectivity index (χ3v) is 4.97. The molecule has 0 aliphatic rings. The number of hydrogen-bond acceptors (Lipinski definition) is 5. The Labute approximate surface area is 142 Å². The molecule has 0 radical (unpaired) electrons. The minimum Gasteiger partial charge on any atom is -0.300 e. The van der Waals surface area contributed by atoms with Crippen LogP contribution in [0.15, 0.2) is 33.5 Å². The van der Waals surface area contributed by atoms with Gasteiger partial charge in [-0.1, -0.05) is 30.0 Å². The molecule has 1 aromatic carbocycles. The van der Waals surface area contributed by atoms with Crippen LogP contribution in [-0.2, 0) is 6.18 Å². The van der Waals surface area contributed by atoms with Crippen molar-refractivity contribution < 1.29 is 13.2 Å². The largest absolute Gasteiger partial charge is 0.417 e. The molecular weight excluding hydrogens is 359 g/mol. The number of fused-ring (bicyclic) bond motifs is 1. The Bertz CT molecular complexity index is 1030. The number of aromatic amines is 1. The summed E-state index contributed by atoms with van der Waals surface area (Å²) in [4.78, 5) is 18.7. The third-order valence-electron chi connectivity index (χ3n) is 3.36.